The molecule has 1 aliphatic rings. The number of piperazine rings is 1. The van der Waals surface area contributed by atoms with Crippen LogP contribution < -0.4 is 10.6 Å². The Balaban J connectivity index is 1.50. The molecule has 1 unspecified atom stereocenters. The summed E-state index contributed by atoms with van der Waals surface area (Å²) in [6, 6.07) is 18.1. The van der Waals surface area contributed by atoms with Crippen molar-refractivity contribution < 1.29 is 9.59 Å². The van der Waals surface area contributed by atoms with E-state index < -0.39 is 0 Å². The number of anilines is 1. The van der Waals surface area contributed by atoms with Crippen LogP contribution in [0.3, 0.4) is 0 Å². The van der Waals surface area contributed by atoms with Crippen molar-refractivity contribution in [3.8, 4) is 0 Å². The van der Waals surface area contributed by atoms with Gasteiger partial charge in [0.05, 0.1) is 11.2 Å². The molecule has 2 amide bonds. The highest BCUT2D eigenvalue weighted by molar-refractivity contribution is 6.01. The minimum absolute atomic E-state index is 0.102. The van der Waals surface area contributed by atoms with Gasteiger partial charge in [-0.25, -0.2) is 0 Å². The summed E-state index contributed by atoms with van der Waals surface area (Å²) in [7, 11) is 0. The maximum absolute atomic E-state index is 13.0. The quantitative estimate of drug-likeness (QED) is 0.736. The lowest BCUT2D eigenvalue weighted by Gasteiger charge is -2.34. The largest absolute Gasteiger partial charge is 0.338 e. The maximum atomic E-state index is 13.0. The van der Waals surface area contributed by atoms with Gasteiger partial charge in [-0.2, -0.15) is 0 Å². The minimum atomic E-state index is -0.107. The summed E-state index contributed by atoms with van der Waals surface area (Å²) in [5.41, 5.74) is 2.91. The molecule has 2 aromatic carbocycles. The monoisotopic (exact) mass is 376 g/mol. The number of nitrogens with zero attached hydrogens (tertiary/aromatic N) is 2. The summed E-state index contributed by atoms with van der Waals surface area (Å²) in [5.74, 6) is -0.00559. The molecule has 0 radical (unpaired) electrons. The molecule has 1 atom stereocenters. The number of aromatic nitrogens is 1. The van der Waals surface area contributed by atoms with Crippen molar-refractivity contribution in [2.75, 3.05) is 25.0 Å². The topological polar surface area (TPSA) is 66.4 Å². The first kappa shape index (κ1) is 18.3. The first-order valence-electron chi connectivity index (χ1n) is 9.53. The lowest BCUT2D eigenvalue weighted by molar-refractivity contribution is -0.133. The minimum Gasteiger partial charge on any atom is -0.338 e. The third-order valence-electron chi connectivity index (χ3n) is 5.16. The van der Waals surface area contributed by atoms with Gasteiger partial charge in [0.15, 0.2) is 0 Å². The van der Waals surface area contributed by atoms with Crippen LogP contribution in [-0.2, 0) is 16.1 Å². The number of carbonyl (C=O) groups is 2. The SMILES string of the molecule is CC(=O)Nc1cccc2c1ccn2CC(=O)N1CCNC(c2ccccc2)C1. The normalized spacial score (nSPS) is 16.9. The number of rotatable bonds is 4. The van der Waals surface area contributed by atoms with Crippen LogP contribution >= 0.6 is 0 Å². The fourth-order valence-corrected chi connectivity index (χ4v) is 3.79. The van der Waals surface area contributed by atoms with Crippen molar-refractivity contribution >= 4 is 28.4 Å². The molecule has 1 aromatic heterocycles. The summed E-state index contributed by atoms with van der Waals surface area (Å²) >= 11 is 0. The lowest BCUT2D eigenvalue weighted by atomic mass is 10.0. The Bertz CT molecular complexity index is 996. The molecular weight excluding hydrogens is 352 g/mol. The third kappa shape index (κ3) is 3.77. The summed E-state index contributed by atoms with van der Waals surface area (Å²) in [6.45, 7) is 3.93. The van der Waals surface area contributed by atoms with Crippen LogP contribution in [0.5, 0.6) is 0 Å². The molecule has 0 saturated carbocycles. The first-order chi connectivity index (χ1) is 13.6. The highest BCUT2D eigenvalue weighted by atomic mass is 16.2. The fraction of sp³-hybridized carbons (Fsp3) is 0.273. The van der Waals surface area contributed by atoms with E-state index in [1.807, 2.05) is 58.1 Å². The van der Waals surface area contributed by atoms with Crippen LogP contribution in [-0.4, -0.2) is 40.9 Å². The molecule has 2 heterocycles. The lowest BCUT2D eigenvalue weighted by Crippen LogP contribution is -2.49. The van der Waals surface area contributed by atoms with Crippen molar-refractivity contribution in [1.82, 2.24) is 14.8 Å². The highest BCUT2D eigenvalue weighted by Crippen LogP contribution is 2.25. The van der Waals surface area contributed by atoms with E-state index in [0.29, 0.717) is 13.1 Å². The second-order valence-electron chi connectivity index (χ2n) is 7.12. The Hall–Kier alpha value is -3.12. The molecule has 1 aliphatic heterocycles. The molecule has 144 valence electrons. The average Bonchev–Trinajstić information content (AvgIpc) is 3.12. The van der Waals surface area contributed by atoms with Gasteiger partial charge in [-0.1, -0.05) is 36.4 Å². The number of hydrogen-bond donors (Lipinski definition) is 2. The van der Waals surface area contributed by atoms with Crippen molar-refractivity contribution in [3.05, 3.63) is 66.4 Å². The molecule has 3 aromatic rings. The Morgan fingerprint density at radius 1 is 1.11 bits per heavy atom. The van der Waals surface area contributed by atoms with Crippen LogP contribution in [0.4, 0.5) is 5.69 Å². The van der Waals surface area contributed by atoms with Crippen LogP contribution in [0, 0.1) is 0 Å². The van der Waals surface area contributed by atoms with Gasteiger partial charge in [-0.05, 0) is 23.8 Å². The molecule has 0 spiro atoms. The Morgan fingerprint density at radius 3 is 2.71 bits per heavy atom. The molecule has 28 heavy (non-hydrogen) atoms. The second-order valence-corrected chi connectivity index (χ2v) is 7.12. The third-order valence-corrected chi connectivity index (χ3v) is 5.16. The zero-order chi connectivity index (χ0) is 19.5. The van der Waals surface area contributed by atoms with E-state index in [2.05, 4.69) is 22.8 Å². The molecule has 1 fully saturated rings. The standard InChI is InChI=1S/C22H24N4O2/c1-16(27)24-19-8-5-9-21-18(19)10-12-25(21)15-22(28)26-13-11-23-20(14-26)17-6-3-2-4-7-17/h2-10,12,20,23H,11,13-15H2,1H3,(H,24,27). The van der Waals surface area contributed by atoms with E-state index in [4.69, 9.17) is 0 Å². The van der Waals surface area contributed by atoms with Gasteiger partial charge in [-0.3, -0.25) is 9.59 Å². The van der Waals surface area contributed by atoms with Gasteiger partial charge >= 0.3 is 0 Å². The van der Waals surface area contributed by atoms with Crippen LogP contribution in [0.1, 0.15) is 18.5 Å². The molecular formula is C22H24N4O2. The van der Waals surface area contributed by atoms with Gasteiger partial charge in [-0.15, -0.1) is 0 Å². The zero-order valence-corrected chi connectivity index (χ0v) is 15.9. The van der Waals surface area contributed by atoms with Crippen molar-refractivity contribution in [3.63, 3.8) is 0 Å². The predicted octanol–water partition coefficient (Wildman–Crippen LogP) is 2.77. The summed E-state index contributed by atoms with van der Waals surface area (Å²) in [6.07, 6.45) is 1.91. The van der Waals surface area contributed by atoms with Crippen LogP contribution in [0.25, 0.3) is 10.9 Å². The Labute approximate surface area is 164 Å². The second kappa shape index (κ2) is 7.86. The summed E-state index contributed by atoms with van der Waals surface area (Å²) in [4.78, 5) is 26.3. The maximum Gasteiger partial charge on any atom is 0.242 e. The van der Waals surface area contributed by atoms with Gasteiger partial charge < -0.3 is 20.1 Å². The van der Waals surface area contributed by atoms with E-state index in [-0.39, 0.29) is 24.4 Å². The van der Waals surface area contributed by atoms with E-state index in [1.165, 1.54) is 12.5 Å². The van der Waals surface area contributed by atoms with Crippen molar-refractivity contribution in [1.29, 1.82) is 0 Å². The molecule has 2 N–H and O–H groups in total. The smallest absolute Gasteiger partial charge is 0.242 e. The number of fused-ring (bicyclic) bond motifs is 1. The Morgan fingerprint density at radius 2 is 1.93 bits per heavy atom. The molecule has 4 rings (SSSR count). The van der Waals surface area contributed by atoms with Gasteiger partial charge in [0, 0.05) is 44.2 Å². The van der Waals surface area contributed by atoms with E-state index in [1.54, 1.807) is 0 Å². The predicted molar refractivity (Wildman–Crippen MR) is 110 cm³/mol. The van der Waals surface area contributed by atoms with Crippen molar-refractivity contribution in [2.24, 2.45) is 0 Å². The number of nitrogens with one attached hydrogen (secondary N) is 2. The van der Waals surface area contributed by atoms with E-state index >= 15 is 0 Å². The van der Waals surface area contributed by atoms with Crippen molar-refractivity contribution in [2.45, 2.75) is 19.5 Å². The Kier molecular flexibility index (Phi) is 5.12. The molecule has 1 saturated heterocycles. The number of benzene rings is 2. The fourth-order valence-electron chi connectivity index (χ4n) is 3.79. The summed E-state index contributed by atoms with van der Waals surface area (Å²) < 4.78 is 1.95. The van der Waals surface area contributed by atoms with Crippen LogP contribution in [0.15, 0.2) is 60.8 Å². The van der Waals surface area contributed by atoms with Gasteiger partial charge in [0.2, 0.25) is 11.8 Å². The molecule has 6 nitrogen and oxygen atoms in total. The average molecular weight is 376 g/mol. The van der Waals surface area contributed by atoms with E-state index in [0.717, 1.165) is 23.1 Å². The first-order valence-corrected chi connectivity index (χ1v) is 9.53. The molecule has 6 heteroatoms. The van der Waals surface area contributed by atoms with Crippen LogP contribution in [0.2, 0.25) is 0 Å². The number of amides is 2. The summed E-state index contributed by atoms with van der Waals surface area (Å²) in [5, 5.41) is 7.28. The number of hydrogen-bond acceptors (Lipinski definition) is 3. The number of carbonyl (C=O) groups excluding carboxylic acids is 2. The zero-order valence-electron chi connectivity index (χ0n) is 15.9. The molecule has 0 aliphatic carbocycles. The van der Waals surface area contributed by atoms with Gasteiger partial charge in [0.25, 0.3) is 0 Å². The van der Waals surface area contributed by atoms with E-state index in [9.17, 15) is 9.59 Å². The molecule has 0 bridgehead atoms. The van der Waals surface area contributed by atoms with Gasteiger partial charge in [0.1, 0.15) is 6.54 Å². The highest BCUT2D eigenvalue weighted by Gasteiger charge is 2.24.